The molecule has 1 amide bonds. The summed E-state index contributed by atoms with van der Waals surface area (Å²) in [6, 6.07) is 7.02. The molecule has 1 aliphatic rings. The fourth-order valence-corrected chi connectivity index (χ4v) is 3.23. The van der Waals surface area contributed by atoms with Crippen molar-refractivity contribution in [2.45, 2.75) is 18.9 Å². The summed E-state index contributed by atoms with van der Waals surface area (Å²) in [5, 5.41) is 13.6. The maximum absolute atomic E-state index is 12.5. The Kier molecular flexibility index (Phi) is 5.83. The van der Waals surface area contributed by atoms with Gasteiger partial charge in [-0.25, -0.2) is 4.98 Å². The van der Waals surface area contributed by atoms with Crippen molar-refractivity contribution in [3.05, 3.63) is 53.4 Å². The molecule has 0 bridgehead atoms. The topological polar surface area (TPSA) is 78.4 Å². The van der Waals surface area contributed by atoms with Crippen LogP contribution in [0.3, 0.4) is 0 Å². The number of rotatable bonds is 5. The summed E-state index contributed by atoms with van der Waals surface area (Å²) in [6.45, 7) is 1.65. The molecule has 1 aliphatic heterocycles. The van der Waals surface area contributed by atoms with E-state index in [1.54, 1.807) is 42.9 Å². The number of anilines is 1. The molecule has 2 atom stereocenters. The van der Waals surface area contributed by atoms with Crippen molar-refractivity contribution in [1.29, 1.82) is 0 Å². The zero-order chi connectivity index (χ0) is 17.6. The van der Waals surface area contributed by atoms with E-state index in [1.807, 2.05) is 0 Å². The minimum Gasteiger partial charge on any atom is -0.387 e. The number of aliphatic hydroxyl groups excluding tert-OH is 1. The first-order valence-electron chi connectivity index (χ1n) is 8.35. The first-order chi connectivity index (χ1) is 12.1. The van der Waals surface area contributed by atoms with Gasteiger partial charge in [0.2, 0.25) is 5.91 Å². The Morgan fingerprint density at radius 3 is 3.08 bits per heavy atom. The van der Waals surface area contributed by atoms with Crippen molar-refractivity contribution in [1.82, 2.24) is 15.3 Å². The number of amides is 1. The second-order valence-corrected chi connectivity index (χ2v) is 6.60. The van der Waals surface area contributed by atoms with Crippen LogP contribution in [0.2, 0.25) is 5.02 Å². The molecule has 0 radical (unpaired) electrons. The van der Waals surface area contributed by atoms with Crippen LogP contribution in [0.15, 0.2) is 42.9 Å². The minimum atomic E-state index is -0.776. The van der Waals surface area contributed by atoms with Gasteiger partial charge in [-0.05, 0) is 30.5 Å². The zero-order valence-corrected chi connectivity index (χ0v) is 14.6. The van der Waals surface area contributed by atoms with E-state index in [0.717, 1.165) is 25.2 Å². The van der Waals surface area contributed by atoms with Crippen LogP contribution < -0.4 is 10.2 Å². The van der Waals surface area contributed by atoms with Gasteiger partial charge in [0.1, 0.15) is 5.82 Å². The fourth-order valence-electron chi connectivity index (χ4n) is 3.03. The summed E-state index contributed by atoms with van der Waals surface area (Å²) in [4.78, 5) is 22.9. The van der Waals surface area contributed by atoms with Gasteiger partial charge in [0.25, 0.3) is 0 Å². The Labute approximate surface area is 151 Å². The molecule has 3 rings (SSSR count). The van der Waals surface area contributed by atoms with E-state index in [2.05, 4.69) is 20.2 Å². The third kappa shape index (κ3) is 4.67. The summed E-state index contributed by atoms with van der Waals surface area (Å²) in [5.74, 6) is 0.621. The van der Waals surface area contributed by atoms with E-state index in [0.29, 0.717) is 17.1 Å². The standard InChI is InChI=1S/C18H21ClN4O2/c19-15-5-1-3-13(9-15)16(24)10-22-18(25)14-4-2-8-23(12-14)17-11-20-6-7-21-17/h1,3,5-7,9,11,14,16,24H,2,4,8,10,12H2,(H,22,25)/t14-,16-/m1/s1. The van der Waals surface area contributed by atoms with Gasteiger partial charge in [-0.1, -0.05) is 23.7 Å². The highest BCUT2D eigenvalue weighted by atomic mass is 35.5. The van der Waals surface area contributed by atoms with E-state index in [-0.39, 0.29) is 18.4 Å². The monoisotopic (exact) mass is 360 g/mol. The van der Waals surface area contributed by atoms with Crippen LogP contribution in [0.4, 0.5) is 5.82 Å². The zero-order valence-electron chi connectivity index (χ0n) is 13.8. The Morgan fingerprint density at radius 2 is 2.32 bits per heavy atom. The Bertz CT molecular complexity index is 713. The highest BCUT2D eigenvalue weighted by Crippen LogP contribution is 2.21. The third-order valence-corrected chi connectivity index (χ3v) is 4.60. The number of nitrogens with zero attached hydrogens (tertiary/aromatic N) is 3. The molecule has 0 saturated carbocycles. The summed E-state index contributed by atoms with van der Waals surface area (Å²) in [5.41, 5.74) is 0.692. The molecule has 0 unspecified atom stereocenters. The Morgan fingerprint density at radius 1 is 1.44 bits per heavy atom. The second-order valence-electron chi connectivity index (χ2n) is 6.16. The average molecular weight is 361 g/mol. The summed E-state index contributed by atoms with van der Waals surface area (Å²) >= 11 is 5.93. The quantitative estimate of drug-likeness (QED) is 0.854. The van der Waals surface area contributed by atoms with Gasteiger partial charge >= 0.3 is 0 Å². The van der Waals surface area contributed by atoms with Crippen LogP contribution in [-0.4, -0.2) is 40.6 Å². The van der Waals surface area contributed by atoms with Crippen molar-refractivity contribution in [3.63, 3.8) is 0 Å². The molecular weight excluding hydrogens is 340 g/mol. The molecular formula is C18H21ClN4O2. The summed E-state index contributed by atoms with van der Waals surface area (Å²) < 4.78 is 0. The van der Waals surface area contributed by atoms with Gasteiger partial charge < -0.3 is 15.3 Å². The number of piperidine rings is 1. The van der Waals surface area contributed by atoms with Crippen molar-refractivity contribution >= 4 is 23.3 Å². The van der Waals surface area contributed by atoms with E-state index in [9.17, 15) is 9.90 Å². The molecule has 2 aromatic rings. The number of benzene rings is 1. The van der Waals surface area contributed by atoms with E-state index < -0.39 is 6.10 Å². The molecule has 2 heterocycles. The smallest absolute Gasteiger partial charge is 0.225 e. The molecule has 0 aliphatic carbocycles. The van der Waals surface area contributed by atoms with Crippen molar-refractivity contribution < 1.29 is 9.90 Å². The van der Waals surface area contributed by atoms with Gasteiger partial charge in [-0.15, -0.1) is 0 Å². The van der Waals surface area contributed by atoms with Crippen molar-refractivity contribution in [2.75, 3.05) is 24.5 Å². The second kappa shape index (κ2) is 8.27. The van der Waals surface area contributed by atoms with Crippen molar-refractivity contribution in [2.24, 2.45) is 5.92 Å². The molecule has 132 valence electrons. The molecule has 6 nitrogen and oxygen atoms in total. The maximum atomic E-state index is 12.5. The van der Waals surface area contributed by atoms with E-state index in [1.165, 1.54) is 0 Å². The number of aliphatic hydroxyl groups is 1. The molecule has 7 heteroatoms. The molecule has 0 spiro atoms. The lowest BCUT2D eigenvalue weighted by atomic mass is 9.97. The number of hydrogen-bond acceptors (Lipinski definition) is 5. The van der Waals surface area contributed by atoms with Crippen LogP contribution in [0.1, 0.15) is 24.5 Å². The molecule has 1 aromatic carbocycles. The molecule has 1 aromatic heterocycles. The predicted octanol–water partition coefficient (Wildman–Crippen LogP) is 2.20. The van der Waals surface area contributed by atoms with Crippen LogP contribution in [0, 0.1) is 5.92 Å². The van der Waals surface area contributed by atoms with Gasteiger partial charge in [-0.3, -0.25) is 9.78 Å². The molecule has 25 heavy (non-hydrogen) atoms. The SMILES string of the molecule is O=C(NC[C@@H](O)c1cccc(Cl)c1)[C@@H]1CCCN(c2cnccn2)C1. The Balaban J connectivity index is 1.54. The van der Waals surface area contributed by atoms with Gasteiger partial charge in [0, 0.05) is 37.1 Å². The number of carbonyl (C=O) groups is 1. The predicted molar refractivity (Wildman–Crippen MR) is 96.4 cm³/mol. The van der Waals surface area contributed by atoms with Crippen molar-refractivity contribution in [3.8, 4) is 0 Å². The highest BCUT2D eigenvalue weighted by molar-refractivity contribution is 6.30. The fraction of sp³-hybridized carbons (Fsp3) is 0.389. The molecule has 2 N–H and O–H groups in total. The highest BCUT2D eigenvalue weighted by Gasteiger charge is 2.26. The largest absolute Gasteiger partial charge is 0.387 e. The molecule has 1 saturated heterocycles. The molecule has 1 fully saturated rings. The Hall–Kier alpha value is -2.18. The summed E-state index contributed by atoms with van der Waals surface area (Å²) in [7, 11) is 0. The number of nitrogens with one attached hydrogen (secondary N) is 1. The van der Waals surface area contributed by atoms with Gasteiger partial charge in [0.15, 0.2) is 0 Å². The number of halogens is 1. The average Bonchev–Trinajstić information content (AvgIpc) is 2.66. The maximum Gasteiger partial charge on any atom is 0.225 e. The number of hydrogen-bond donors (Lipinski definition) is 2. The summed E-state index contributed by atoms with van der Waals surface area (Å²) in [6.07, 6.45) is 5.97. The minimum absolute atomic E-state index is 0.0466. The number of carbonyl (C=O) groups excluding carboxylic acids is 1. The lowest BCUT2D eigenvalue weighted by Gasteiger charge is -2.32. The van der Waals surface area contributed by atoms with Gasteiger partial charge in [0.05, 0.1) is 18.2 Å². The van der Waals surface area contributed by atoms with Crippen LogP contribution in [0.5, 0.6) is 0 Å². The number of aromatic nitrogens is 2. The van der Waals surface area contributed by atoms with E-state index in [4.69, 9.17) is 11.6 Å². The van der Waals surface area contributed by atoms with E-state index >= 15 is 0 Å². The lowest BCUT2D eigenvalue weighted by Crippen LogP contribution is -2.44. The van der Waals surface area contributed by atoms with Crippen LogP contribution in [-0.2, 0) is 4.79 Å². The van der Waals surface area contributed by atoms with Crippen LogP contribution >= 0.6 is 11.6 Å². The first kappa shape index (κ1) is 17.6. The van der Waals surface area contributed by atoms with Crippen LogP contribution in [0.25, 0.3) is 0 Å². The van der Waals surface area contributed by atoms with Gasteiger partial charge in [-0.2, -0.15) is 0 Å². The first-order valence-corrected chi connectivity index (χ1v) is 8.73. The third-order valence-electron chi connectivity index (χ3n) is 4.37. The lowest BCUT2D eigenvalue weighted by molar-refractivity contribution is -0.125. The normalized spacial score (nSPS) is 18.6.